The van der Waals surface area contributed by atoms with E-state index < -0.39 is 17.0 Å². The van der Waals surface area contributed by atoms with Gasteiger partial charge in [-0.25, -0.2) is 4.79 Å². The SMILES string of the molecule is Cc1cccc(-c2nnc([C@H](C)OC(=O)c3cc([N+](=O)[O-])ccc3N)o2)c1. The van der Waals surface area contributed by atoms with Crippen molar-refractivity contribution in [1.29, 1.82) is 0 Å². The smallest absolute Gasteiger partial charge is 0.341 e. The molecule has 0 radical (unpaired) electrons. The summed E-state index contributed by atoms with van der Waals surface area (Å²) in [4.78, 5) is 22.6. The molecule has 9 heteroatoms. The second-order valence-corrected chi connectivity index (χ2v) is 5.89. The van der Waals surface area contributed by atoms with Gasteiger partial charge in [0, 0.05) is 23.4 Å². The number of anilines is 1. The Morgan fingerprint density at radius 3 is 2.74 bits per heavy atom. The van der Waals surface area contributed by atoms with Gasteiger partial charge >= 0.3 is 5.97 Å². The van der Waals surface area contributed by atoms with Gasteiger partial charge in [-0.15, -0.1) is 10.2 Å². The lowest BCUT2D eigenvalue weighted by molar-refractivity contribution is -0.384. The number of rotatable bonds is 5. The molecule has 1 aromatic heterocycles. The summed E-state index contributed by atoms with van der Waals surface area (Å²) in [7, 11) is 0. The number of carbonyl (C=O) groups is 1. The molecule has 0 aliphatic carbocycles. The molecule has 1 atom stereocenters. The molecule has 9 nitrogen and oxygen atoms in total. The highest BCUT2D eigenvalue weighted by Crippen LogP contribution is 2.26. The third kappa shape index (κ3) is 3.92. The van der Waals surface area contributed by atoms with Crippen LogP contribution in [-0.4, -0.2) is 21.1 Å². The second-order valence-electron chi connectivity index (χ2n) is 5.89. The van der Waals surface area contributed by atoms with Gasteiger partial charge in [-0.2, -0.15) is 0 Å². The van der Waals surface area contributed by atoms with Crippen LogP contribution in [0, 0.1) is 17.0 Å². The highest BCUT2D eigenvalue weighted by molar-refractivity contribution is 5.95. The molecule has 0 aliphatic rings. The third-order valence-corrected chi connectivity index (χ3v) is 3.80. The number of nitro groups is 1. The van der Waals surface area contributed by atoms with E-state index in [1.165, 1.54) is 12.1 Å². The van der Waals surface area contributed by atoms with Crippen LogP contribution in [0.5, 0.6) is 0 Å². The normalized spacial score (nSPS) is 11.8. The minimum Gasteiger partial charge on any atom is -0.449 e. The number of hydrogen-bond donors (Lipinski definition) is 1. The van der Waals surface area contributed by atoms with Crippen LogP contribution >= 0.6 is 0 Å². The first kappa shape index (κ1) is 18.1. The summed E-state index contributed by atoms with van der Waals surface area (Å²) < 4.78 is 10.8. The molecule has 0 spiro atoms. The van der Waals surface area contributed by atoms with Gasteiger partial charge in [0.2, 0.25) is 5.89 Å². The molecular formula is C18H16N4O5. The molecule has 0 unspecified atom stereocenters. The van der Waals surface area contributed by atoms with Gasteiger partial charge in [0.1, 0.15) is 0 Å². The Balaban J connectivity index is 1.78. The molecule has 138 valence electrons. The van der Waals surface area contributed by atoms with Gasteiger partial charge in [0.15, 0.2) is 6.10 Å². The lowest BCUT2D eigenvalue weighted by Crippen LogP contribution is -2.12. The Kier molecular flexibility index (Phi) is 4.84. The van der Waals surface area contributed by atoms with Gasteiger partial charge in [0.25, 0.3) is 11.6 Å². The van der Waals surface area contributed by atoms with Crippen molar-refractivity contribution in [1.82, 2.24) is 10.2 Å². The fourth-order valence-electron chi connectivity index (χ4n) is 2.40. The van der Waals surface area contributed by atoms with Crippen LogP contribution < -0.4 is 5.73 Å². The Morgan fingerprint density at radius 2 is 2.04 bits per heavy atom. The van der Waals surface area contributed by atoms with E-state index in [1.54, 1.807) is 6.92 Å². The summed E-state index contributed by atoms with van der Waals surface area (Å²) in [6.07, 6.45) is -0.859. The molecule has 3 rings (SSSR count). The van der Waals surface area contributed by atoms with Gasteiger partial charge in [-0.05, 0) is 32.0 Å². The molecule has 2 N–H and O–H groups in total. The van der Waals surface area contributed by atoms with E-state index in [0.717, 1.165) is 17.2 Å². The minimum absolute atomic E-state index is 0.0729. The fourth-order valence-corrected chi connectivity index (χ4v) is 2.40. The molecule has 3 aromatic rings. The average molecular weight is 368 g/mol. The number of hydrogen-bond acceptors (Lipinski definition) is 8. The number of nitrogens with two attached hydrogens (primary N) is 1. The van der Waals surface area contributed by atoms with E-state index in [-0.39, 0.29) is 22.8 Å². The van der Waals surface area contributed by atoms with Crippen molar-refractivity contribution >= 4 is 17.3 Å². The molecule has 0 bridgehead atoms. The topological polar surface area (TPSA) is 134 Å². The van der Waals surface area contributed by atoms with E-state index in [1.807, 2.05) is 31.2 Å². The Morgan fingerprint density at radius 1 is 1.26 bits per heavy atom. The van der Waals surface area contributed by atoms with Gasteiger partial charge in [-0.1, -0.05) is 17.7 Å². The minimum atomic E-state index is -0.859. The van der Waals surface area contributed by atoms with E-state index in [4.69, 9.17) is 14.9 Å². The largest absolute Gasteiger partial charge is 0.449 e. The number of nitro benzene ring substituents is 1. The van der Waals surface area contributed by atoms with E-state index >= 15 is 0 Å². The van der Waals surface area contributed by atoms with Crippen molar-refractivity contribution in [3.05, 3.63) is 69.6 Å². The van der Waals surface area contributed by atoms with Crippen LogP contribution in [-0.2, 0) is 4.74 Å². The van der Waals surface area contributed by atoms with Crippen molar-refractivity contribution in [2.75, 3.05) is 5.73 Å². The molecule has 0 fully saturated rings. The number of nitrogen functional groups attached to an aromatic ring is 1. The quantitative estimate of drug-likeness (QED) is 0.313. The van der Waals surface area contributed by atoms with Crippen molar-refractivity contribution < 1.29 is 18.9 Å². The molecular weight excluding hydrogens is 352 g/mol. The van der Waals surface area contributed by atoms with Crippen LogP contribution in [0.25, 0.3) is 11.5 Å². The molecule has 27 heavy (non-hydrogen) atoms. The summed E-state index contributed by atoms with van der Waals surface area (Å²) in [6, 6.07) is 11.1. The molecule has 0 saturated heterocycles. The first-order chi connectivity index (χ1) is 12.8. The summed E-state index contributed by atoms with van der Waals surface area (Å²) in [5, 5.41) is 18.7. The third-order valence-electron chi connectivity index (χ3n) is 3.80. The summed E-state index contributed by atoms with van der Waals surface area (Å²) in [5.74, 6) is -0.422. The van der Waals surface area contributed by atoms with Crippen LogP contribution in [0.3, 0.4) is 0 Å². The molecule has 0 saturated carbocycles. The van der Waals surface area contributed by atoms with Gasteiger partial charge < -0.3 is 14.9 Å². The summed E-state index contributed by atoms with van der Waals surface area (Å²) in [5.41, 5.74) is 7.21. The predicted molar refractivity (Wildman–Crippen MR) is 95.8 cm³/mol. The van der Waals surface area contributed by atoms with Crippen molar-refractivity contribution in [2.24, 2.45) is 0 Å². The van der Waals surface area contributed by atoms with Crippen molar-refractivity contribution in [2.45, 2.75) is 20.0 Å². The zero-order chi connectivity index (χ0) is 19.6. The zero-order valence-corrected chi connectivity index (χ0v) is 14.6. The number of non-ortho nitro benzene ring substituents is 1. The zero-order valence-electron chi connectivity index (χ0n) is 14.6. The maximum Gasteiger partial charge on any atom is 0.341 e. The van der Waals surface area contributed by atoms with E-state index in [2.05, 4.69) is 10.2 Å². The summed E-state index contributed by atoms with van der Waals surface area (Å²) in [6.45, 7) is 3.49. The number of carbonyl (C=O) groups excluding carboxylic acids is 1. The molecule has 2 aromatic carbocycles. The summed E-state index contributed by atoms with van der Waals surface area (Å²) >= 11 is 0. The predicted octanol–water partition coefficient (Wildman–Crippen LogP) is 3.45. The fraction of sp³-hybridized carbons (Fsp3) is 0.167. The lowest BCUT2D eigenvalue weighted by atomic mass is 10.1. The van der Waals surface area contributed by atoms with Crippen LogP contribution in [0.15, 0.2) is 46.9 Å². The van der Waals surface area contributed by atoms with E-state index in [0.29, 0.717) is 5.89 Å². The van der Waals surface area contributed by atoms with E-state index in [9.17, 15) is 14.9 Å². The molecule has 1 heterocycles. The van der Waals surface area contributed by atoms with Crippen molar-refractivity contribution in [3.8, 4) is 11.5 Å². The lowest BCUT2D eigenvalue weighted by Gasteiger charge is -2.10. The number of aromatic nitrogens is 2. The number of ether oxygens (including phenoxy) is 1. The molecule has 0 amide bonds. The maximum absolute atomic E-state index is 12.3. The molecule has 0 aliphatic heterocycles. The van der Waals surface area contributed by atoms with Crippen LogP contribution in [0.2, 0.25) is 0 Å². The second kappa shape index (κ2) is 7.24. The number of esters is 1. The highest BCUT2D eigenvalue weighted by atomic mass is 16.6. The number of benzene rings is 2. The number of nitrogens with zero attached hydrogens (tertiary/aromatic N) is 3. The van der Waals surface area contributed by atoms with Crippen molar-refractivity contribution in [3.63, 3.8) is 0 Å². The monoisotopic (exact) mass is 368 g/mol. The van der Waals surface area contributed by atoms with Gasteiger partial charge in [0.05, 0.1) is 10.5 Å². The van der Waals surface area contributed by atoms with Crippen LogP contribution in [0.4, 0.5) is 11.4 Å². The highest BCUT2D eigenvalue weighted by Gasteiger charge is 2.23. The standard InChI is InChI=1S/C18H16N4O5/c1-10-4-3-5-12(8-10)17-21-20-16(27-17)11(2)26-18(23)14-9-13(22(24)25)6-7-15(14)19/h3-9,11H,19H2,1-2H3/t11-/m0/s1. The first-order valence-electron chi connectivity index (χ1n) is 8.00. The Bertz CT molecular complexity index is 1010. The Hall–Kier alpha value is -3.75. The number of aryl methyl sites for hydroxylation is 1. The van der Waals surface area contributed by atoms with Crippen LogP contribution in [0.1, 0.15) is 34.8 Å². The first-order valence-corrected chi connectivity index (χ1v) is 8.00. The Labute approximate surface area is 153 Å². The maximum atomic E-state index is 12.3. The average Bonchev–Trinajstić information content (AvgIpc) is 3.12. The van der Waals surface area contributed by atoms with Gasteiger partial charge in [-0.3, -0.25) is 10.1 Å².